The third-order valence-corrected chi connectivity index (χ3v) is 2.85. The summed E-state index contributed by atoms with van der Waals surface area (Å²) in [5, 5.41) is 13.9. The lowest BCUT2D eigenvalue weighted by molar-refractivity contribution is -0.144. The Morgan fingerprint density at radius 1 is 1.40 bits per heavy atom. The van der Waals surface area contributed by atoms with Crippen LogP contribution in [-0.2, 0) is 14.4 Å². The Morgan fingerprint density at radius 2 is 2.10 bits per heavy atom. The standard InChI is InChI=1S/C11H18N4O5/c12-8(16)3-1-2-4-13-11(20)15-6-9(17)14-5-7(15)10(18)19/h7H,1-6H2,(H2,12,16)(H,13,20)(H,14,17)(H,18,19). The molecule has 5 N–H and O–H groups in total. The number of urea groups is 1. The summed E-state index contributed by atoms with van der Waals surface area (Å²) in [6, 6.07) is -1.68. The van der Waals surface area contributed by atoms with Gasteiger partial charge in [-0.25, -0.2) is 9.59 Å². The second kappa shape index (κ2) is 7.31. The summed E-state index contributed by atoms with van der Waals surface area (Å²) in [6.45, 7) is -0.107. The van der Waals surface area contributed by atoms with E-state index in [4.69, 9.17) is 10.8 Å². The van der Waals surface area contributed by atoms with E-state index in [2.05, 4.69) is 10.6 Å². The van der Waals surface area contributed by atoms with E-state index in [1.165, 1.54) is 0 Å². The fraction of sp³-hybridized carbons (Fsp3) is 0.636. The summed E-state index contributed by atoms with van der Waals surface area (Å²) in [5.41, 5.74) is 4.97. The average Bonchev–Trinajstić information content (AvgIpc) is 2.37. The van der Waals surface area contributed by atoms with E-state index in [9.17, 15) is 19.2 Å². The number of hydrogen-bond donors (Lipinski definition) is 4. The topological polar surface area (TPSA) is 142 Å². The fourth-order valence-corrected chi connectivity index (χ4v) is 1.80. The van der Waals surface area contributed by atoms with Gasteiger partial charge in [0.15, 0.2) is 0 Å². The Bertz CT molecular complexity index is 412. The molecule has 0 aromatic rings. The first-order valence-corrected chi connectivity index (χ1v) is 6.24. The Morgan fingerprint density at radius 3 is 2.70 bits per heavy atom. The van der Waals surface area contributed by atoms with E-state index >= 15 is 0 Å². The number of amides is 4. The lowest BCUT2D eigenvalue weighted by Crippen LogP contribution is -2.61. The van der Waals surface area contributed by atoms with Crippen molar-refractivity contribution >= 4 is 23.8 Å². The van der Waals surface area contributed by atoms with Gasteiger partial charge in [0.25, 0.3) is 0 Å². The van der Waals surface area contributed by atoms with Crippen molar-refractivity contribution in [1.29, 1.82) is 0 Å². The Kier molecular flexibility index (Phi) is 5.75. The molecule has 0 aromatic heterocycles. The molecule has 0 spiro atoms. The number of unbranched alkanes of at least 4 members (excludes halogenated alkanes) is 1. The van der Waals surface area contributed by atoms with Gasteiger partial charge in [0.2, 0.25) is 11.8 Å². The van der Waals surface area contributed by atoms with Crippen molar-refractivity contribution in [1.82, 2.24) is 15.5 Å². The molecule has 1 aliphatic rings. The van der Waals surface area contributed by atoms with Gasteiger partial charge in [-0.05, 0) is 12.8 Å². The maximum atomic E-state index is 11.8. The van der Waals surface area contributed by atoms with Gasteiger partial charge < -0.3 is 21.5 Å². The number of nitrogens with one attached hydrogen (secondary N) is 2. The minimum absolute atomic E-state index is 0.108. The summed E-state index contributed by atoms with van der Waals surface area (Å²) in [6.07, 6.45) is 1.32. The predicted octanol–water partition coefficient (Wildman–Crippen LogP) is -1.76. The zero-order valence-corrected chi connectivity index (χ0v) is 10.9. The van der Waals surface area contributed by atoms with E-state index in [1.54, 1.807) is 0 Å². The second-order valence-corrected chi connectivity index (χ2v) is 4.44. The molecule has 1 atom stereocenters. The monoisotopic (exact) mass is 286 g/mol. The molecule has 1 unspecified atom stereocenters. The number of nitrogens with two attached hydrogens (primary N) is 1. The van der Waals surface area contributed by atoms with Gasteiger partial charge in [0, 0.05) is 19.5 Å². The van der Waals surface area contributed by atoms with Gasteiger partial charge >= 0.3 is 12.0 Å². The molecule has 0 saturated carbocycles. The van der Waals surface area contributed by atoms with Crippen LogP contribution in [-0.4, -0.2) is 59.5 Å². The Hall–Kier alpha value is -2.32. The van der Waals surface area contributed by atoms with Crippen molar-refractivity contribution < 1.29 is 24.3 Å². The van der Waals surface area contributed by atoms with Crippen LogP contribution in [0.25, 0.3) is 0 Å². The molecular formula is C11H18N4O5. The number of rotatable bonds is 6. The van der Waals surface area contributed by atoms with E-state index < -0.39 is 29.9 Å². The molecule has 0 bridgehead atoms. The molecule has 1 fully saturated rings. The highest BCUT2D eigenvalue weighted by Gasteiger charge is 2.34. The van der Waals surface area contributed by atoms with Crippen LogP contribution in [0.15, 0.2) is 0 Å². The average molecular weight is 286 g/mol. The summed E-state index contributed by atoms with van der Waals surface area (Å²) < 4.78 is 0. The van der Waals surface area contributed by atoms with Crippen molar-refractivity contribution in [3.05, 3.63) is 0 Å². The first-order chi connectivity index (χ1) is 9.41. The predicted molar refractivity (Wildman–Crippen MR) is 67.6 cm³/mol. The van der Waals surface area contributed by atoms with Gasteiger partial charge in [0.1, 0.15) is 12.6 Å². The number of carboxylic acid groups (broad SMARTS) is 1. The molecule has 0 radical (unpaired) electrons. The molecule has 20 heavy (non-hydrogen) atoms. The van der Waals surface area contributed by atoms with Gasteiger partial charge in [-0.15, -0.1) is 0 Å². The van der Waals surface area contributed by atoms with Crippen LogP contribution >= 0.6 is 0 Å². The summed E-state index contributed by atoms with van der Waals surface area (Å²) in [7, 11) is 0. The van der Waals surface area contributed by atoms with Gasteiger partial charge in [-0.1, -0.05) is 0 Å². The van der Waals surface area contributed by atoms with E-state index in [1.807, 2.05) is 0 Å². The highest BCUT2D eigenvalue weighted by atomic mass is 16.4. The third kappa shape index (κ3) is 4.75. The second-order valence-electron chi connectivity index (χ2n) is 4.44. The van der Waals surface area contributed by atoms with Crippen LogP contribution in [0.4, 0.5) is 4.79 Å². The van der Waals surface area contributed by atoms with Crippen LogP contribution in [0.2, 0.25) is 0 Å². The van der Waals surface area contributed by atoms with Gasteiger partial charge in [-0.2, -0.15) is 0 Å². The Balaban J connectivity index is 2.41. The largest absolute Gasteiger partial charge is 0.480 e. The van der Waals surface area contributed by atoms with Crippen LogP contribution in [0.1, 0.15) is 19.3 Å². The van der Waals surface area contributed by atoms with Crippen LogP contribution in [0, 0.1) is 0 Å². The molecular weight excluding hydrogens is 268 g/mol. The maximum Gasteiger partial charge on any atom is 0.328 e. The number of hydrogen-bond acceptors (Lipinski definition) is 4. The molecule has 9 nitrogen and oxygen atoms in total. The van der Waals surface area contributed by atoms with Crippen molar-refractivity contribution in [3.63, 3.8) is 0 Å². The quantitative estimate of drug-likeness (QED) is 0.428. The smallest absolute Gasteiger partial charge is 0.328 e. The first-order valence-electron chi connectivity index (χ1n) is 6.24. The minimum Gasteiger partial charge on any atom is -0.480 e. The zero-order valence-electron chi connectivity index (χ0n) is 10.9. The number of carbonyl (C=O) groups excluding carboxylic acids is 3. The normalized spacial score (nSPS) is 18.3. The number of nitrogens with zero attached hydrogens (tertiary/aromatic N) is 1. The Labute approximate surface area is 115 Å². The van der Waals surface area contributed by atoms with Gasteiger partial charge in [0.05, 0.1) is 0 Å². The van der Waals surface area contributed by atoms with Crippen molar-refractivity contribution in [2.24, 2.45) is 5.73 Å². The highest BCUT2D eigenvalue weighted by molar-refractivity contribution is 5.90. The van der Waals surface area contributed by atoms with Crippen molar-refractivity contribution in [2.75, 3.05) is 19.6 Å². The van der Waals surface area contributed by atoms with E-state index in [0.29, 0.717) is 12.8 Å². The molecule has 1 aliphatic heterocycles. The van der Waals surface area contributed by atoms with Crippen molar-refractivity contribution in [3.8, 4) is 0 Å². The van der Waals surface area contributed by atoms with Crippen molar-refractivity contribution in [2.45, 2.75) is 25.3 Å². The molecule has 1 saturated heterocycles. The minimum atomic E-state index is -1.17. The van der Waals surface area contributed by atoms with Gasteiger partial charge in [-0.3, -0.25) is 14.5 Å². The fourth-order valence-electron chi connectivity index (χ4n) is 1.80. The summed E-state index contributed by atoms with van der Waals surface area (Å²) in [4.78, 5) is 45.6. The first kappa shape index (κ1) is 15.7. The lowest BCUT2D eigenvalue weighted by Gasteiger charge is -2.32. The maximum absolute atomic E-state index is 11.8. The van der Waals surface area contributed by atoms with E-state index in [-0.39, 0.29) is 26.1 Å². The molecule has 0 aromatic carbocycles. The van der Waals surface area contributed by atoms with Crippen LogP contribution in [0.3, 0.4) is 0 Å². The number of piperazine rings is 1. The molecule has 9 heteroatoms. The third-order valence-electron chi connectivity index (χ3n) is 2.85. The number of carboxylic acids is 1. The SMILES string of the molecule is NC(=O)CCCCNC(=O)N1CC(=O)NCC1C(=O)O. The summed E-state index contributed by atoms with van der Waals surface area (Å²) in [5.74, 6) is -1.98. The van der Waals surface area contributed by atoms with E-state index in [0.717, 1.165) is 4.90 Å². The number of aliphatic carboxylic acids is 1. The van der Waals surface area contributed by atoms with Crippen LogP contribution in [0.5, 0.6) is 0 Å². The number of primary amides is 1. The molecule has 1 rings (SSSR count). The molecule has 112 valence electrons. The molecule has 4 amide bonds. The van der Waals surface area contributed by atoms with Crippen LogP contribution < -0.4 is 16.4 Å². The highest BCUT2D eigenvalue weighted by Crippen LogP contribution is 2.05. The lowest BCUT2D eigenvalue weighted by atomic mass is 10.2. The molecule has 1 heterocycles. The number of carbonyl (C=O) groups is 4. The summed E-state index contributed by atoms with van der Waals surface area (Å²) >= 11 is 0. The molecule has 0 aliphatic carbocycles. The zero-order chi connectivity index (χ0) is 15.1.